The number of nitrogens with one attached hydrogen (secondary N) is 1. The van der Waals surface area contributed by atoms with Crippen molar-refractivity contribution in [1.82, 2.24) is 15.2 Å². The van der Waals surface area contributed by atoms with E-state index in [9.17, 15) is 10.1 Å². The van der Waals surface area contributed by atoms with Crippen molar-refractivity contribution in [2.75, 3.05) is 19.6 Å². The number of pyridine rings is 1. The number of hydrogen-bond acceptors (Lipinski definition) is 5. The molecule has 0 radical (unpaired) electrons. The van der Waals surface area contributed by atoms with Gasteiger partial charge in [0.1, 0.15) is 0 Å². The summed E-state index contributed by atoms with van der Waals surface area (Å²) in [6.07, 6.45) is 4.05. The van der Waals surface area contributed by atoms with Crippen molar-refractivity contribution in [3.63, 3.8) is 0 Å². The highest BCUT2D eigenvalue weighted by molar-refractivity contribution is 5.47. The zero-order chi connectivity index (χ0) is 15.4. The molecule has 2 rings (SSSR count). The zero-order valence-electron chi connectivity index (χ0n) is 13.1. The molecule has 1 aliphatic heterocycles. The molecule has 1 atom stereocenters. The molecule has 0 aliphatic carbocycles. The average Bonchev–Trinajstić information content (AvgIpc) is 2.93. The molecule has 6 nitrogen and oxygen atoms in total. The maximum Gasteiger partial charge on any atom is 0.278 e. The minimum absolute atomic E-state index is 0.204. The van der Waals surface area contributed by atoms with Gasteiger partial charge in [-0.05, 0) is 39.8 Å². The van der Waals surface area contributed by atoms with Gasteiger partial charge in [0.25, 0.3) is 5.69 Å². The van der Waals surface area contributed by atoms with Crippen LogP contribution in [0.2, 0.25) is 0 Å². The van der Waals surface area contributed by atoms with E-state index in [0.29, 0.717) is 23.7 Å². The van der Waals surface area contributed by atoms with Gasteiger partial charge >= 0.3 is 0 Å². The molecular weight excluding hydrogens is 268 g/mol. The molecule has 2 heterocycles. The van der Waals surface area contributed by atoms with Crippen LogP contribution < -0.4 is 5.32 Å². The topological polar surface area (TPSA) is 71.3 Å². The highest BCUT2D eigenvalue weighted by Crippen LogP contribution is 2.25. The molecule has 1 unspecified atom stereocenters. The van der Waals surface area contributed by atoms with Crippen molar-refractivity contribution in [2.45, 2.75) is 46.2 Å². The van der Waals surface area contributed by atoms with Crippen molar-refractivity contribution in [1.29, 1.82) is 0 Å². The fraction of sp³-hybridized carbons (Fsp3) is 0.667. The van der Waals surface area contributed by atoms with Gasteiger partial charge in [-0.2, -0.15) is 0 Å². The monoisotopic (exact) mass is 292 g/mol. The molecule has 0 saturated carbocycles. The highest BCUT2D eigenvalue weighted by Gasteiger charge is 2.22. The molecular formula is C15H24N4O2. The Morgan fingerprint density at radius 3 is 2.86 bits per heavy atom. The van der Waals surface area contributed by atoms with Crippen LogP contribution in [0.4, 0.5) is 5.69 Å². The van der Waals surface area contributed by atoms with E-state index in [0.717, 1.165) is 25.3 Å². The minimum atomic E-state index is -0.301. The summed E-state index contributed by atoms with van der Waals surface area (Å²) in [4.78, 5) is 17.6. The second-order valence-electron chi connectivity index (χ2n) is 5.74. The van der Waals surface area contributed by atoms with Crippen LogP contribution >= 0.6 is 0 Å². The SMILES string of the molecule is CCN(Cc1ncc(C)c([N+](=O)[O-])c1C)CC1CCCN1. The molecule has 1 aromatic rings. The third-order valence-electron chi connectivity index (χ3n) is 4.22. The first kappa shape index (κ1) is 15.9. The van der Waals surface area contributed by atoms with Crippen LogP contribution in [-0.2, 0) is 6.54 Å². The average molecular weight is 292 g/mol. The third kappa shape index (κ3) is 3.77. The molecule has 1 saturated heterocycles. The number of nitrogens with zero attached hydrogens (tertiary/aromatic N) is 3. The fourth-order valence-corrected chi connectivity index (χ4v) is 2.95. The Bertz CT molecular complexity index is 513. The Hall–Kier alpha value is -1.53. The smallest absolute Gasteiger partial charge is 0.278 e. The number of likely N-dealkylation sites (N-methyl/N-ethyl adjacent to an activating group) is 1. The number of aryl methyl sites for hydroxylation is 1. The van der Waals surface area contributed by atoms with Crippen LogP contribution in [0.15, 0.2) is 6.20 Å². The molecule has 1 aliphatic rings. The maximum absolute atomic E-state index is 11.2. The summed E-state index contributed by atoms with van der Waals surface area (Å²) in [6.45, 7) is 9.31. The number of rotatable bonds is 6. The lowest BCUT2D eigenvalue weighted by atomic mass is 10.1. The second kappa shape index (κ2) is 6.95. The largest absolute Gasteiger partial charge is 0.313 e. The Balaban J connectivity index is 2.13. The summed E-state index contributed by atoms with van der Waals surface area (Å²) in [7, 11) is 0. The Morgan fingerprint density at radius 2 is 2.29 bits per heavy atom. The lowest BCUT2D eigenvalue weighted by Gasteiger charge is -2.24. The van der Waals surface area contributed by atoms with Crippen LogP contribution in [0.25, 0.3) is 0 Å². The lowest BCUT2D eigenvalue weighted by molar-refractivity contribution is -0.386. The normalized spacial score (nSPS) is 18.4. The van der Waals surface area contributed by atoms with Gasteiger partial charge in [-0.1, -0.05) is 6.92 Å². The van der Waals surface area contributed by atoms with Crippen LogP contribution in [0.3, 0.4) is 0 Å². The van der Waals surface area contributed by atoms with E-state index < -0.39 is 0 Å². The van der Waals surface area contributed by atoms with E-state index in [2.05, 4.69) is 22.1 Å². The molecule has 21 heavy (non-hydrogen) atoms. The predicted octanol–water partition coefficient (Wildman–Crippen LogP) is 2.18. The third-order valence-corrected chi connectivity index (χ3v) is 4.22. The van der Waals surface area contributed by atoms with Gasteiger partial charge in [-0.3, -0.25) is 20.0 Å². The van der Waals surface area contributed by atoms with Gasteiger partial charge in [-0.25, -0.2) is 0 Å². The summed E-state index contributed by atoms with van der Waals surface area (Å²) in [6, 6.07) is 0.533. The molecule has 0 aromatic carbocycles. The van der Waals surface area contributed by atoms with Crippen molar-refractivity contribution in [3.05, 3.63) is 33.1 Å². The zero-order valence-corrected chi connectivity index (χ0v) is 13.1. The molecule has 0 bridgehead atoms. The predicted molar refractivity (Wildman–Crippen MR) is 82.3 cm³/mol. The Kier molecular flexibility index (Phi) is 5.25. The van der Waals surface area contributed by atoms with Gasteiger partial charge in [-0.15, -0.1) is 0 Å². The van der Waals surface area contributed by atoms with Gasteiger partial charge < -0.3 is 5.32 Å². The van der Waals surface area contributed by atoms with Crippen molar-refractivity contribution < 1.29 is 4.92 Å². The van der Waals surface area contributed by atoms with Crippen LogP contribution in [-0.4, -0.2) is 40.5 Å². The molecule has 1 N–H and O–H groups in total. The molecule has 0 spiro atoms. The highest BCUT2D eigenvalue weighted by atomic mass is 16.6. The number of hydrogen-bond donors (Lipinski definition) is 1. The summed E-state index contributed by atoms with van der Waals surface area (Å²) < 4.78 is 0. The fourth-order valence-electron chi connectivity index (χ4n) is 2.95. The summed E-state index contributed by atoms with van der Waals surface area (Å²) in [5, 5.41) is 14.7. The Labute approximate surface area is 125 Å². The van der Waals surface area contributed by atoms with E-state index in [1.165, 1.54) is 12.8 Å². The Morgan fingerprint density at radius 1 is 1.52 bits per heavy atom. The first-order valence-electron chi connectivity index (χ1n) is 7.58. The summed E-state index contributed by atoms with van der Waals surface area (Å²) in [5.41, 5.74) is 2.33. The quantitative estimate of drug-likeness (QED) is 0.643. The van der Waals surface area contributed by atoms with Crippen LogP contribution in [0, 0.1) is 24.0 Å². The lowest BCUT2D eigenvalue weighted by Crippen LogP contribution is -2.37. The van der Waals surface area contributed by atoms with Crippen LogP contribution in [0.1, 0.15) is 36.6 Å². The van der Waals surface area contributed by atoms with Crippen molar-refractivity contribution in [2.24, 2.45) is 0 Å². The first-order chi connectivity index (χ1) is 10.0. The van der Waals surface area contributed by atoms with Gasteiger partial charge in [0.05, 0.1) is 10.6 Å². The van der Waals surface area contributed by atoms with Crippen molar-refractivity contribution in [3.8, 4) is 0 Å². The van der Waals surface area contributed by atoms with Gasteiger partial charge in [0.2, 0.25) is 0 Å². The molecule has 6 heteroatoms. The van der Waals surface area contributed by atoms with E-state index >= 15 is 0 Å². The van der Waals surface area contributed by atoms with Gasteiger partial charge in [0.15, 0.2) is 0 Å². The standard InChI is InChI=1S/C15H24N4O2/c1-4-18(9-13-6-5-7-16-13)10-14-12(3)15(19(20)21)11(2)8-17-14/h8,13,16H,4-7,9-10H2,1-3H3. The molecule has 1 fully saturated rings. The maximum atomic E-state index is 11.2. The van der Waals surface area contributed by atoms with Gasteiger partial charge in [0, 0.05) is 36.5 Å². The second-order valence-corrected chi connectivity index (χ2v) is 5.74. The van der Waals surface area contributed by atoms with E-state index in [1.807, 2.05) is 0 Å². The summed E-state index contributed by atoms with van der Waals surface area (Å²) >= 11 is 0. The number of nitro groups is 1. The van der Waals surface area contributed by atoms with Crippen molar-refractivity contribution >= 4 is 5.69 Å². The number of aromatic nitrogens is 1. The molecule has 116 valence electrons. The molecule has 1 aromatic heterocycles. The van der Waals surface area contributed by atoms with E-state index in [1.54, 1.807) is 20.0 Å². The van der Waals surface area contributed by atoms with E-state index in [-0.39, 0.29) is 10.6 Å². The first-order valence-corrected chi connectivity index (χ1v) is 7.58. The summed E-state index contributed by atoms with van der Waals surface area (Å²) in [5.74, 6) is 0. The minimum Gasteiger partial charge on any atom is -0.313 e. The van der Waals surface area contributed by atoms with E-state index in [4.69, 9.17) is 0 Å². The molecule has 0 amide bonds. The van der Waals surface area contributed by atoms with Crippen LogP contribution in [0.5, 0.6) is 0 Å².